The molecule has 1 fully saturated rings. The van der Waals surface area contributed by atoms with Crippen LogP contribution in [0.2, 0.25) is 0 Å². The van der Waals surface area contributed by atoms with E-state index in [0.29, 0.717) is 0 Å². The van der Waals surface area contributed by atoms with E-state index in [9.17, 15) is 18.9 Å². The third kappa shape index (κ3) is 8.14. The van der Waals surface area contributed by atoms with E-state index in [1.165, 1.54) is 0 Å². The Kier molecular flexibility index (Phi) is 7.55. The molecule has 1 rings (SSSR count). The molecule has 0 aromatic carbocycles. The van der Waals surface area contributed by atoms with E-state index in [0.717, 1.165) is 38.8 Å². The van der Waals surface area contributed by atoms with Gasteiger partial charge in [-0.15, -0.1) is 0 Å². The SMILES string of the molecule is CP(=O)(O)CC(=O)CNC(=O)OCOC(=O)C1CCCCC1. The van der Waals surface area contributed by atoms with Gasteiger partial charge in [-0.2, -0.15) is 0 Å². The Balaban J connectivity index is 2.14. The number of ketones is 1. The summed E-state index contributed by atoms with van der Waals surface area (Å²) in [5.74, 6) is -1.09. The second-order valence-electron chi connectivity index (χ2n) is 5.45. The lowest BCUT2D eigenvalue weighted by molar-refractivity contribution is -0.158. The number of ether oxygens (including phenoxy) is 2. The van der Waals surface area contributed by atoms with Crippen molar-refractivity contribution in [1.29, 1.82) is 0 Å². The van der Waals surface area contributed by atoms with Gasteiger partial charge in [-0.3, -0.25) is 14.2 Å². The van der Waals surface area contributed by atoms with Crippen molar-refractivity contribution in [2.75, 3.05) is 26.2 Å². The molecule has 0 heterocycles. The maximum absolute atomic E-state index is 11.7. The van der Waals surface area contributed by atoms with Crippen molar-refractivity contribution in [3.63, 3.8) is 0 Å². The average Bonchev–Trinajstić information content (AvgIpc) is 2.44. The van der Waals surface area contributed by atoms with Crippen molar-refractivity contribution in [3.05, 3.63) is 0 Å². The number of carbonyl (C=O) groups is 3. The summed E-state index contributed by atoms with van der Waals surface area (Å²) in [4.78, 5) is 43.2. The van der Waals surface area contributed by atoms with Crippen LogP contribution in [0.1, 0.15) is 32.1 Å². The zero-order valence-corrected chi connectivity index (χ0v) is 13.5. The second-order valence-corrected chi connectivity index (χ2v) is 7.87. The van der Waals surface area contributed by atoms with Crippen LogP contribution in [0.3, 0.4) is 0 Å². The van der Waals surface area contributed by atoms with Crippen molar-refractivity contribution >= 4 is 25.2 Å². The van der Waals surface area contributed by atoms with E-state index >= 15 is 0 Å². The normalized spacial score (nSPS) is 18.1. The van der Waals surface area contributed by atoms with Crippen molar-refractivity contribution in [1.82, 2.24) is 5.32 Å². The quantitative estimate of drug-likeness (QED) is 0.408. The van der Waals surface area contributed by atoms with Gasteiger partial charge >= 0.3 is 12.1 Å². The largest absolute Gasteiger partial charge is 0.428 e. The van der Waals surface area contributed by atoms with Crippen LogP contribution in [0.15, 0.2) is 0 Å². The zero-order valence-electron chi connectivity index (χ0n) is 12.6. The first kappa shape index (κ1) is 18.6. The third-order valence-electron chi connectivity index (χ3n) is 3.23. The van der Waals surface area contributed by atoms with E-state index < -0.39 is 38.7 Å². The van der Waals surface area contributed by atoms with Gasteiger partial charge in [0.15, 0.2) is 5.78 Å². The highest BCUT2D eigenvalue weighted by molar-refractivity contribution is 7.58. The molecule has 0 aromatic heterocycles. The highest BCUT2D eigenvalue weighted by Gasteiger charge is 2.22. The van der Waals surface area contributed by atoms with Gasteiger partial charge in [0.25, 0.3) is 0 Å². The number of carbonyl (C=O) groups excluding carboxylic acids is 3. The number of amides is 1. The van der Waals surface area contributed by atoms with E-state index in [1.807, 2.05) is 0 Å². The summed E-state index contributed by atoms with van der Waals surface area (Å²) in [6.07, 6.45) is 3.26. The fourth-order valence-corrected chi connectivity index (χ4v) is 2.97. The van der Waals surface area contributed by atoms with Crippen molar-refractivity contribution in [2.45, 2.75) is 32.1 Å². The lowest BCUT2D eigenvalue weighted by Crippen LogP contribution is -2.32. The summed E-state index contributed by atoms with van der Waals surface area (Å²) < 4.78 is 20.5. The number of esters is 1. The summed E-state index contributed by atoms with van der Waals surface area (Å²) in [5, 5.41) is 2.12. The average molecular weight is 335 g/mol. The summed E-state index contributed by atoms with van der Waals surface area (Å²) in [5.41, 5.74) is 0. The van der Waals surface area contributed by atoms with Crippen molar-refractivity contribution in [3.8, 4) is 0 Å². The lowest BCUT2D eigenvalue weighted by Gasteiger charge is -2.19. The number of nitrogens with one attached hydrogen (secondary N) is 1. The molecule has 2 N–H and O–H groups in total. The molecule has 1 atom stereocenters. The van der Waals surface area contributed by atoms with Crippen molar-refractivity contribution in [2.24, 2.45) is 5.92 Å². The van der Waals surface area contributed by atoms with Crippen LogP contribution in [0.4, 0.5) is 4.79 Å². The Hall–Kier alpha value is -1.40. The molecular formula is C13H22NO7P. The number of hydrogen-bond donors (Lipinski definition) is 2. The molecule has 8 nitrogen and oxygen atoms in total. The molecule has 0 spiro atoms. The van der Waals surface area contributed by atoms with Gasteiger partial charge in [-0.25, -0.2) is 4.79 Å². The first-order valence-electron chi connectivity index (χ1n) is 7.16. The monoisotopic (exact) mass is 335 g/mol. The lowest BCUT2D eigenvalue weighted by atomic mass is 9.89. The van der Waals surface area contributed by atoms with Gasteiger partial charge in [-0.05, 0) is 12.8 Å². The van der Waals surface area contributed by atoms with E-state index in [4.69, 9.17) is 9.63 Å². The van der Waals surface area contributed by atoms with Gasteiger partial charge in [0.05, 0.1) is 18.6 Å². The van der Waals surface area contributed by atoms with Crippen LogP contribution >= 0.6 is 7.37 Å². The Morgan fingerprint density at radius 3 is 2.41 bits per heavy atom. The number of rotatable bonds is 7. The molecule has 1 aliphatic rings. The maximum atomic E-state index is 11.7. The summed E-state index contributed by atoms with van der Waals surface area (Å²) in [7, 11) is -3.44. The topological polar surface area (TPSA) is 119 Å². The van der Waals surface area contributed by atoms with Gasteiger partial charge in [0, 0.05) is 6.66 Å². The molecule has 0 aliphatic heterocycles. The highest BCUT2D eigenvalue weighted by atomic mass is 31.2. The predicted molar refractivity (Wildman–Crippen MR) is 77.6 cm³/mol. The maximum Gasteiger partial charge on any atom is 0.410 e. The fourth-order valence-electron chi connectivity index (χ4n) is 2.20. The highest BCUT2D eigenvalue weighted by Crippen LogP contribution is 2.34. The molecule has 1 unspecified atom stereocenters. The molecule has 1 saturated carbocycles. The number of Topliss-reactive ketones (excluding diaryl/α,β-unsaturated/α-hetero) is 1. The van der Waals surface area contributed by atoms with Crippen LogP contribution < -0.4 is 5.32 Å². The first-order valence-corrected chi connectivity index (χ1v) is 9.45. The molecule has 9 heteroatoms. The number of hydrogen-bond acceptors (Lipinski definition) is 6. The summed E-state index contributed by atoms with van der Waals surface area (Å²) in [6.45, 7) is 0.142. The molecular weight excluding hydrogens is 313 g/mol. The third-order valence-corrected chi connectivity index (χ3v) is 4.17. The minimum Gasteiger partial charge on any atom is -0.428 e. The van der Waals surface area contributed by atoms with Crippen molar-refractivity contribution < 1.29 is 33.3 Å². The predicted octanol–water partition coefficient (Wildman–Crippen LogP) is 1.26. The van der Waals surface area contributed by atoms with Crippen LogP contribution in [0, 0.1) is 5.92 Å². The fraction of sp³-hybridized carbons (Fsp3) is 0.769. The molecule has 1 amide bonds. The molecule has 126 valence electrons. The molecule has 1 aliphatic carbocycles. The van der Waals surface area contributed by atoms with E-state index in [-0.39, 0.29) is 11.9 Å². The number of alkyl carbamates (subject to hydrolysis) is 1. The molecule has 0 bridgehead atoms. The summed E-state index contributed by atoms with van der Waals surface area (Å²) >= 11 is 0. The Morgan fingerprint density at radius 2 is 1.82 bits per heavy atom. The van der Waals surface area contributed by atoms with E-state index in [2.05, 4.69) is 10.1 Å². The van der Waals surface area contributed by atoms with Gasteiger partial charge < -0.3 is 19.7 Å². The Labute approximate surface area is 129 Å². The standard InChI is InChI=1S/C13H22NO7P/c1-22(18,19)8-11(15)7-14-13(17)21-9-20-12(16)10-5-3-2-4-6-10/h10H,2-9H2,1H3,(H,14,17)(H,18,19). The van der Waals surface area contributed by atoms with Gasteiger partial charge in [0.2, 0.25) is 14.2 Å². The van der Waals surface area contributed by atoms with Gasteiger partial charge in [-0.1, -0.05) is 19.3 Å². The molecule has 0 aromatic rings. The smallest absolute Gasteiger partial charge is 0.410 e. The minimum absolute atomic E-state index is 0.134. The molecule has 22 heavy (non-hydrogen) atoms. The van der Waals surface area contributed by atoms with Crippen LogP contribution in [0.5, 0.6) is 0 Å². The van der Waals surface area contributed by atoms with E-state index in [1.54, 1.807) is 0 Å². The van der Waals surface area contributed by atoms with Crippen LogP contribution in [-0.4, -0.2) is 48.9 Å². The minimum atomic E-state index is -3.44. The second kappa shape index (κ2) is 8.90. The van der Waals surface area contributed by atoms with Crippen LogP contribution in [-0.2, 0) is 23.6 Å². The Morgan fingerprint density at radius 1 is 1.18 bits per heavy atom. The Bertz CT molecular complexity index is 453. The van der Waals surface area contributed by atoms with Crippen LogP contribution in [0.25, 0.3) is 0 Å². The zero-order chi connectivity index (χ0) is 16.6. The molecule has 0 saturated heterocycles. The first-order chi connectivity index (χ1) is 10.3. The summed E-state index contributed by atoms with van der Waals surface area (Å²) in [6, 6.07) is 0. The van der Waals surface area contributed by atoms with Gasteiger partial charge in [0.1, 0.15) is 0 Å². The molecule has 0 radical (unpaired) electrons.